The fourth-order valence-electron chi connectivity index (χ4n) is 3.72. The highest BCUT2D eigenvalue weighted by molar-refractivity contribution is 9.39. The first-order valence-electron chi connectivity index (χ1n) is 8.18. The molecule has 0 atom stereocenters. The summed E-state index contributed by atoms with van der Waals surface area (Å²) in [5.41, 5.74) is 10.5. The predicted molar refractivity (Wildman–Crippen MR) is 111 cm³/mol. The second-order valence-electron chi connectivity index (χ2n) is 6.72. The van der Waals surface area contributed by atoms with Gasteiger partial charge < -0.3 is 0 Å². The molecule has 0 bridgehead atoms. The number of aryl methyl sites for hydroxylation is 6. The van der Waals surface area contributed by atoms with Crippen LogP contribution < -0.4 is 9.34 Å². The Kier molecular flexibility index (Phi) is 4.77. The van der Waals surface area contributed by atoms with E-state index in [0.717, 1.165) is 0 Å². The highest BCUT2D eigenvalue weighted by atomic mass is 79.9. The third kappa shape index (κ3) is 3.00. The lowest BCUT2D eigenvalue weighted by Gasteiger charge is -2.31. The van der Waals surface area contributed by atoms with E-state index in [2.05, 4.69) is 103 Å². The summed E-state index contributed by atoms with van der Waals surface area (Å²) in [6, 6.07) is 9.05. The molecule has 0 saturated carbocycles. The zero-order chi connectivity index (χ0) is 17.6. The maximum absolute atomic E-state index is 3.97. The van der Waals surface area contributed by atoms with Gasteiger partial charge in [0.2, 0.25) is 0 Å². The topological polar surface area (TPSA) is 6.48 Å². The summed E-state index contributed by atoms with van der Waals surface area (Å²) in [5.74, 6) is 0. The molecular weight excluding hydrogens is 379 g/mol. The molecule has 2 nitrogen and oxygen atoms in total. The molecule has 2 aromatic rings. The van der Waals surface area contributed by atoms with Gasteiger partial charge >= 0.3 is 0 Å². The minimum Gasteiger partial charge on any atom is -0.298 e. The molecule has 0 amide bonds. The van der Waals surface area contributed by atoms with Crippen molar-refractivity contribution in [3.05, 3.63) is 70.0 Å². The number of anilines is 2. The van der Waals surface area contributed by atoms with E-state index in [0.29, 0.717) is 0 Å². The molecule has 4 heteroatoms. The summed E-state index contributed by atoms with van der Waals surface area (Å²) in [4.78, 5) is 0. The van der Waals surface area contributed by atoms with Crippen molar-refractivity contribution in [1.82, 2.24) is 0 Å². The quantitative estimate of drug-likeness (QED) is 0.501. The van der Waals surface area contributed by atoms with Gasteiger partial charge in [-0.3, -0.25) is 9.34 Å². The minimum absolute atomic E-state index is 0.660. The van der Waals surface area contributed by atoms with Crippen LogP contribution in [0.2, 0.25) is 0 Å². The van der Waals surface area contributed by atoms with Gasteiger partial charge in [0.05, 0.1) is 11.4 Å². The molecule has 0 aliphatic carbocycles. The number of rotatable bonds is 2. The van der Waals surface area contributed by atoms with E-state index in [1.807, 2.05) is 0 Å². The van der Waals surface area contributed by atoms with E-state index in [-0.39, 0.29) is 0 Å². The minimum atomic E-state index is -0.660. The van der Waals surface area contributed by atoms with Crippen molar-refractivity contribution in [2.24, 2.45) is 0 Å². The van der Waals surface area contributed by atoms with Gasteiger partial charge in [0, 0.05) is 12.4 Å². The zero-order valence-electron chi connectivity index (χ0n) is 15.2. The summed E-state index contributed by atoms with van der Waals surface area (Å²) < 4.78 is 4.75. The molecule has 0 aromatic heterocycles. The Labute approximate surface area is 154 Å². The van der Waals surface area contributed by atoms with Crippen LogP contribution in [-0.4, -0.2) is 0 Å². The fourth-order valence-corrected chi connectivity index (χ4v) is 6.82. The molecule has 126 valence electrons. The molecule has 0 saturated heterocycles. The fraction of sp³-hybridized carbons (Fsp3) is 0.300. The average molecular weight is 403 g/mol. The monoisotopic (exact) mass is 402 g/mol. The van der Waals surface area contributed by atoms with Crippen LogP contribution in [0, 0.1) is 41.5 Å². The third-order valence-corrected chi connectivity index (χ3v) is 7.86. The molecule has 0 radical (unpaired) electrons. The predicted octanol–water partition coefficient (Wildman–Crippen LogP) is 6.96. The van der Waals surface area contributed by atoms with E-state index in [4.69, 9.17) is 0 Å². The van der Waals surface area contributed by atoms with Crippen LogP contribution in [-0.2, 0) is 0 Å². The van der Waals surface area contributed by atoms with Crippen LogP contribution in [0.4, 0.5) is 11.4 Å². The number of benzene rings is 2. The van der Waals surface area contributed by atoms with E-state index < -0.39 is 6.93 Å². The van der Waals surface area contributed by atoms with Crippen molar-refractivity contribution < 1.29 is 0 Å². The summed E-state index contributed by atoms with van der Waals surface area (Å²) >= 11 is 3.97. The Morgan fingerprint density at radius 3 is 1.21 bits per heavy atom. The van der Waals surface area contributed by atoms with Gasteiger partial charge in [-0.25, -0.2) is 0 Å². The van der Waals surface area contributed by atoms with Crippen molar-refractivity contribution in [3.8, 4) is 0 Å². The maximum Gasteiger partial charge on any atom is 0.178 e. The summed E-state index contributed by atoms with van der Waals surface area (Å²) in [6.07, 6.45) is 4.40. The molecule has 1 heterocycles. The van der Waals surface area contributed by atoms with Crippen molar-refractivity contribution >= 4 is 33.8 Å². The highest BCUT2D eigenvalue weighted by Gasteiger charge is 2.30. The maximum atomic E-state index is 3.97. The lowest BCUT2D eigenvalue weighted by Crippen LogP contribution is -2.14. The van der Waals surface area contributed by atoms with Crippen molar-refractivity contribution in [3.63, 3.8) is 0 Å². The van der Waals surface area contributed by atoms with Gasteiger partial charge in [-0.2, -0.15) is 0 Å². The number of hydrogen-bond donors (Lipinski definition) is 0. The normalized spacial score (nSPS) is 14.8. The van der Waals surface area contributed by atoms with E-state index in [1.54, 1.807) is 0 Å². The molecule has 0 N–H and O–H groups in total. The van der Waals surface area contributed by atoms with Gasteiger partial charge in [-0.15, -0.1) is 0 Å². The lowest BCUT2D eigenvalue weighted by atomic mass is 10.1. The first-order chi connectivity index (χ1) is 11.3. The Bertz CT molecular complexity index is 715. The van der Waals surface area contributed by atoms with Gasteiger partial charge in [-0.05, 0) is 79.3 Å². The third-order valence-electron chi connectivity index (χ3n) is 4.43. The first-order valence-corrected chi connectivity index (χ1v) is 11.4. The molecule has 0 unspecified atom stereocenters. The van der Waals surface area contributed by atoms with Gasteiger partial charge in [0.1, 0.15) is 0 Å². The van der Waals surface area contributed by atoms with Gasteiger partial charge in [0.25, 0.3) is 0 Å². The molecule has 24 heavy (non-hydrogen) atoms. The Hall–Kier alpha value is -1.31. The average Bonchev–Trinajstić information content (AvgIpc) is 2.79. The number of halogens is 1. The van der Waals surface area contributed by atoms with E-state index in [1.165, 1.54) is 44.8 Å². The van der Waals surface area contributed by atoms with Gasteiger partial charge in [-0.1, -0.05) is 35.4 Å². The van der Waals surface area contributed by atoms with E-state index in [9.17, 15) is 0 Å². The molecule has 1 aliphatic rings. The van der Waals surface area contributed by atoms with Crippen LogP contribution in [0.15, 0.2) is 36.7 Å². The molecule has 0 fully saturated rings. The largest absolute Gasteiger partial charge is 0.298 e. The van der Waals surface area contributed by atoms with E-state index >= 15 is 0 Å². The molecule has 2 aromatic carbocycles. The summed E-state index contributed by atoms with van der Waals surface area (Å²) in [6.45, 7) is 12.5. The number of nitrogens with zero attached hydrogens (tertiary/aromatic N) is 2. The molecule has 3 rings (SSSR count). The highest BCUT2D eigenvalue weighted by Crippen LogP contribution is 2.61. The molecular formula is C20H24BrN2P. The van der Waals surface area contributed by atoms with Crippen LogP contribution >= 0.6 is 22.4 Å². The molecule has 0 spiro atoms. The smallest absolute Gasteiger partial charge is 0.178 e. The summed E-state index contributed by atoms with van der Waals surface area (Å²) in [7, 11) is 0. The van der Waals surface area contributed by atoms with Gasteiger partial charge in [0.15, 0.2) is 6.93 Å². The Morgan fingerprint density at radius 2 is 0.917 bits per heavy atom. The van der Waals surface area contributed by atoms with Crippen LogP contribution in [0.5, 0.6) is 0 Å². The second kappa shape index (κ2) is 6.54. The van der Waals surface area contributed by atoms with Crippen molar-refractivity contribution in [2.45, 2.75) is 41.5 Å². The number of hydrogen-bond acceptors (Lipinski definition) is 2. The molecule has 1 aliphatic heterocycles. The van der Waals surface area contributed by atoms with Crippen LogP contribution in [0.25, 0.3) is 0 Å². The first kappa shape index (κ1) is 17.5. The van der Waals surface area contributed by atoms with Crippen LogP contribution in [0.3, 0.4) is 0 Å². The Balaban J connectivity index is 2.01. The SMILES string of the molecule is Cc1cc(C)c(N2C=CN(c3c(C)cc(C)cc3C)P2Br)c(C)c1. The standard InChI is InChI=1S/C20H24BrN2P/c1-13-9-15(3)19(16(4)10-13)22-7-8-23(24(22)21)20-17(5)11-14(2)12-18(20)6/h7-12H,1-6H3. The zero-order valence-corrected chi connectivity index (χ0v) is 17.7. The summed E-state index contributed by atoms with van der Waals surface area (Å²) in [5, 5.41) is 0. The van der Waals surface area contributed by atoms with Crippen molar-refractivity contribution in [2.75, 3.05) is 9.34 Å². The van der Waals surface area contributed by atoms with Crippen LogP contribution in [0.1, 0.15) is 33.4 Å². The Morgan fingerprint density at radius 1 is 0.625 bits per heavy atom. The second-order valence-corrected chi connectivity index (χ2v) is 9.97. The lowest BCUT2D eigenvalue weighted by molar-refractivity contribution is 1.27. The van der Waals surface area contributed by atoms with Crippen molar-refractivity contribution in [1.29, 1.82) is 0 Å².